The van der Waals surface area contributed by atoms with Gasteiger partial charge in [-0.15, -0.1) is 0 Å². The zero-order valence-electron chi connectivity index (χ0n) is 16.6. The Labute approximate surface area is 183 Å². The largest absolute Gasteiger partial charge is 0.382 e. The number of hydrogen-bond acceptors (Lipinski definition) is 8. The molecule has 2 fully saturated rings. The maximum Gasteiger partial charge on any atom is 0.143 e. The third-order valence-electron chi connectivity index (χ3n) is 6.44. The van der Waals surface area contributed by atoms with E-state index in [0.717, 1.165) is 59.0 Å². The molecular weight excluding hydrogens is 422 g/mol. The lowest BCUT2D eigenvalue weighted by atomic mass is 9.73. The molecule has 8 nitrogen and oxygen atoms in total. The number of piperidine rings is 1. The molecule has 0 bridgehead atoms. The molecule has 2 atom stereocenters. The maximum absolute atomic E-state index is 6.46. The van der Waals surface area contributed by atoms with Crippen molar-refractivity contribution in [3.63, 3.8) is 0 Å². The average Bonchev–Trinajstić information content (AvgIpc) is 3.35. The number of anilines is 2. The number of nitrogens with two attached hydrogens (primary N) is 2. The Kier molecular flexibility index (Phi) is 5.01. The fourth-order valence-corrected chi connectivity index (χ4v) is 5.65. The number of hydrogen-bond donors (Lipinski definition) is 3. The molecule has 2 aliphatic rings. The summed E-state index contributed by atoms with van der Waals surface area (Å²) >= 11 is 7.82. The Balaban J connectivity index is 1.40. The highest BCUT2D eigenvalue weighted by Crippen LogP contribution is 2.43. The van der Waals surface area contributed by atoms with Crippen molar-refractivity contribution in [1.82, 2.24) is 20.2 Å². The van der Waals surface area contributed by atoms with Crippen LogP contribution in [-0.2, 0) is 4.74 Å². The van der Waals surface area contributed by atoms with E-state index in [2.05, 4.69) is 27.0 Å². The number of pyridine rings is 2. The maximum atomic E-state index is 6.46. The summed E-state index contributed by atoms with van der Waals surface area (Å²) in [6.45, 7) is 4.62. The molecule has 0 amide bonds. The van der Waals surface area contributed by atoms with Crippen molar-refractivity contribution in [3.8, 4) is 0 Å². The second-order valence-corrected chi connectivity index (χ2v) is 9.57. The molecule has 5 heterocycles. The van der Waals surface area contributed by atoms with Crippen molar-refractivity contribution in [2.24, 2.45) is 11.1 Å². The van der Waals surface area contributed by atoms with E-state index in [1.54, 1.807) is 6.20 Å². The van der Waals surface area contributed by atoms with Crippen molar-refractivity contribution < 1.29 is 4.74 Å². The van der Waals surface area contributed by atoms with Gasteiger partial charge in [-0.05, 0) is 25.8 Å². The predicted octanol–water partition coefficient (Wildman–Crippen LogP) is 3.07. The molecule has 0 saturated carbocycles. The normalized spacial score (nSPS) is 23.5. The van der Waals surface area contributed by atoms with E-state index in [0.29, 0.717) is 10.8 Å². The SMILES string of the molecule is CC1OCC2(CCN(c3ncc(Sc4ccnc(N)c4Cl)c4[nH]ncc34)CC2)C1N. The third-order valence-corrected chi connectivity index (χ3v) is 8.04. The van der Waals surface area contributed by atoms with Crippen molar-refractivity contribution in [2.45, 2.75) is 41.7 Å². The number of nitrogen functional groups attached to an aromatic ring is 1. The first-order chi connectivity index (χ1) is 14.5. The van der Waals surface area contributed by atoms with Gasteiger partial charge >= 0.3 is 0 Å². The van der Waals surface area contributed by atoms with Crippen molar-refractivity contribution in [2.75, 3.05) is 30.3 Å². The number of fused-ring (bicyclic) bond motifs is 1. The van der Waals surface area contributed by atoms with Crippen molar-refractivity contribution in [3.05, 3.63) is 29.7 Å². The predicted molar refractivity (Wildman–Crippen MR) is 119 cm³/mol. The van der Waals surface area contributed by atoms with E-state index in [4.69, 9.17) is 32.8 Å². The van der Waals surface area contributed by atoms with Gasteiger partial charge in [0.05, 0.1) is 39.7 Å². The summed E-state index contributed by atoms with van der Waals surface area (Å²) in [7, 11) is 0. The van der Waals surface area contributed by atoms with Gasteiger partial charge in [0.25, 0.3) is 0 Å². The molecule has 2 unspecified atom stereocenters. The molecule has 10 heteroatoms. The molecule has 158 valence electrons. The minimum absolute atomic E-state index is 0.0826. The Morgan fingerprint density at radius 3 is 2.80 bits per heavy atom. The van der Waals surface area contributed by atoms with Gasteiger partial charge in [-0.25, -0.2) is 9.97 Å². The van der Waals surface area contributed by atoms with E-state index in [9.17, 15) is 0 Å². The second kappa shape index (κ2) is 7.56. The summed E-state index contributed by atoms with van der Waals surface area (Å²) in [6.07, 6.45) is 7.48. The molecule has 5 N–H and O–H groups in total. The average molecular weight is 446 g/mol. The Morgan fingerprint density at radius 1 is 1.27 bits per heavy atom. The summed E-state index contributed by atoms with van der Waals surface area (Å²) in [5, 5.41) is 8.84. The van der Waals surface area contributed by atoms with Crippen LogP contribution in [0.25, 0.3) is 10.9 Å². The molecule has 0 aliphatic carbocycles. The number of halogens is 1. The first-order valence-electron chi connectivity index (χ1n) is 10.0. The van der Waals surface area contributed by atoms with E-state index in [1.165, 1.54) is 11.8 Å². The number of nitrogens with one attached hydrogen (secondary N) is 1. The van der Waals surface area contributed by atoms with Crippen LogP contribution in [0.5, 0.6) is 0 Å². The molecule has 5 rings (SSSR count). The highest BCUT2D eigenvalue weighted by Gasteiger charge is 2.47. The van der Waals surface area contributed by atoms with Crippen LogP contribution in [0.3, 0.4) is 0 Å². The third kappa shape index (κ3) is 3.20. The number of H-pyrrole nitrogens is 1. The second-order valence-electron chi connectivity index (χ2n) is 8.11. The molecule has 3 aromatic rings. The highest BCUT2D eigenvalue weighted by atomic mass is 35.5. The quantitative estimate of drug-likeness (QED) is 0.562. The summed E-state index contributed by atoms with van der Waals surface area (Å²) in [4.78, 5) is 12.9. The summed E-state index contributed by atoms with van der Waals surface area (Å²) in [5.74, 6) is 1.26. The van der Waals surface area contributed by atoms with Gasteiger partial charge in [-0.3, -0.25) is 5.10 Å². The van der Waals surface area contributed by atoms with Gasteiger partial charge in [-0.2, -0.15) is 5.10 Å². The van der Waals surface area contributed by atoms with Crippen LogP contribution in [-0.4, -0.2) is 52.0 Å². The molecule has 0 radical (unpaired) electrons. The van der Waals surface area contributed by atoms with Crippen LogP contribution in [0.4, 0.5) is 11.6 Å². The number of aromatic amines is 1. The van der Waals surface area contributed by atoms with Crippen LogP contribution < -0.4 is 16.4 Å². The van der Waals surface area contributed by atoms with Crippen LogP contribution >= 0.6 is 23.4 Å². The molecule has 30 heavy (non-hydrogen) atoms. The lowest BCUT2D eigenvalue weighted by Gasteiger charge is -2.41. The van der Waals surface area contributed by atoms with Gasteiger partial charge in [-0.1, -0.05) is 23.4 Å². The fraction of sp³-hybridized carbons (Fsp3) is 0.450. The zero-order chi connectivity index (χ0) is 20.9. The lowest BCUT2D eigenvalue weighted by molar-refractivity contribution is 0.0974. The minimum atomic E-state index is 0.0826. The fourth-order valence-electron chi connectivity index (χ4n) is 4.50. The van der Waals surface area contributed by atoms with Gasteiger partial charge in [0.1, 0.15) is 11.6 Å². The van der Waals surface area contributed by atoms with Crippen molar-refractivity contribution in [1.29, 1.82) is 0 Å². The van der Waals surface area contributed by atoms with Crippen LogP contribution in [0, 0.1) is 5.41 Å². The number of ether oxygens (including phenoxy) is 1. The molecule has 1 spiro atoms. The smallest absolute Gasteiger partial charge is 0.143 e. The summed E-state index contributed by atoms with van der Waals surface area (Å²) < 4.78 is 5.85. The molecule has 2 saturated heterocycles. The van der Waals surface area contributed by atoms with Gasteiger partial charge in [0.15, 0.2) is 0 Å². The number of rotatable bonds is 3. The molecule has 2 aliphatic heterocycles. The Morgan fingerprint density at radius 2 is 2.07 bits per heavy atom. The van der Waals surface area contributed by atoms with Gasteiger partial charge in [0.2, 0.25) is 0 Å². The van der Waals surface area contributed by atoms with E-state index in [1.807, 2.05) is 18.5 Å². The van der Waals surface area contributed by atoms with E-state index < -0.39 is 0 Å². The lowest BCUT2D eigenvalue weighted by Crippen LogP contribution is -2.50. The Hall–Kier alpha value is -2.07. The zero-order valence-corrected chi connectivity index (χ0v) is 18.2. The Bertz CT molecular complexity index is 1080. The minimum Gasteiger partial charge on any atom is -0.382 e. The molecular formula is C20H24ClN7OS. The van der Waals surface area contributed by atoms with E-state index in [-0.39, 0.29) is 17.6 Å². The van der Waals surface area contributed by atoms with Crippen LogP contribution in [0.15, 0.2) is 34.4 Å². The number of nitrogens with zero attached hydrogens (tertiary/aromatic N) is 4. The van der Waals surface area contributed by atoms with Crippen molar-refractivity contribution >= 4 is 45.9 Å². The number of aromatic nitrogens is 4. The summed E-state index contributed by atoms with van der Waals surface area (Å²) in [5.41, 5.74) is 13.3. The summed E-state index contributed by atoms with van der Waals surface area (Å²) in [6, 6.07) is 1.94. The monoisotopic (exact) mass is 445 g/mol. The first-order valence-corrected chi connectivity index (χ1v) is 11.2. The first kappa shape index (κ1) is 19.9. The highest BCUT2D eigenvalue weighted by molar-refractivity contribution is 7.99. The molecule has 3 aromatic heterocycles. The van der Waals surface area contributed by atoms with E-state index >= 15 is 0 Å². The van der Waals surface area contributed by atoms with Gasteiger partial charge in [0, 0.05) is 41.8 Å². The van der Waals surface area contributed by atoms with Crippen LogP contribution in [0.1, 0.15) is 19.8 Å². The topological polar surface area (TPSA) is 119 Å². The van der Waals surface area contributed by atoms with Gasteiger partial charge < -0.3 is 21.1 Å². The molecule has 0 aromatic carbocycles. The standard InChI is InChI=1S/C20H24ClN7OS/c1-11-17(22)20(10-29-11)3-6-28(7-4-20)19-12-8-26-27-16(12)14(9-25-19)30-13-2-5-24-18(23)15(13)21/h2,5,8-9,11,17H,3-4,6-7,10,22H2,1H3,(H2,23,24)(H,26,27). The van der Waals surface area contributed by atoms with Crippen LogP contribution in [0.2, 0.25) is 5.02 Å².